The zero-order valence-corrected chi connectivity index (χ0v) is 17.9. The zero-order chi connectivity index (χ0) is 21.0. The van der Waals surface area contributed by atoms with E-state index in [1.54, 1.807) is 23.5 Å². The van der Waals surface area contributed by atoms with Crippen molar-refractivity contribution in [1.29, 1.82) is 0 Å². The summed E-state index contributed by atoms with van der Waals surface area (Å²) < 4.78 is 34.1. The lowest BCUT2D eigenvalue weighted by molar-refractivity contribution is 0.0516. The number of hydrogen-bond donors (Lipinski definition) is 1. The van der Waals surface area contributed by atoms with E-state index in [1.165, 1.54) is 12.1 Å². The number of benzene rings is 2. The molecular weight excluding hydrogens is 418 g/mol. The Morgan fingerprint density at radius 3 is 2.63 bits per heavy atom. The molecule has 0 atom stereocenters. The number of ether oxygens (including phenoxy) is 1. The minimum Gasteiger partial charge on any atom is -0.381 e. The Hall–Kier alpha value is -2.57. The van der Waals surface area contributed by atoms with Crippen molar-refractivity contribution in [3.63, 3.8) is 0 Å². The first kappa shape index (κ1) is 20.7. The highest BCUT2D eigenvalue weighted by molar-refractivity contribution is 7.89. The molecule has 0 saturated carbocycles. The molecule has 1 aliphatic heterocycles. The molecular formula is C22H21N3O3S2. The molecule has 0 spiro atoms. The molecule has 0 amide bonds. The normalized spacial score (nSPS) is 16.1. The van der Waals surface area contributed by atoms with E-state index in [2.05, 4.69) is 9.57 Å². The lowest BCUT2D eigenvalue weighted by Crippen LogP contribution is -2.44. The lowest BCUT2D eigenvalue weighted by Gasteiger charge is -2.35. The first-order valence-electron chi connectivity index (χ1n) is 9.59. The van der Waals surface area contributed by atoms with Gasteiger partial charge in [-0.05, 0) is 25.0 Å². The molecule has 0 aliphatic carbocycles. The van der Waals surface area contributed by atoms with E-state index in [1.807, 2.05) is 35.7 Å². The maximum Gasteiger partial charge on any atom is 0.239 e. The second-order valence-corrected chi connectivity index (χ2v) is 9.86. The highest BCUT2D eigenvalue weighted by Gasteiger charge is 2.38. The topological polar surface area (TPSA) is 72.7 Å². The van der Waals surface area contributed by atoms with Crippen LogP contribution in [0.3, 0.4) is 0 Å². The average molecular weight is 440 g/mol. The van der Waals surface area contributed by atoms with Crippen LogP contribution in [0.5, 0.6) is 0 Å². The van der Waals surface area contributed by atoms with Gasteiger partial charge in [-0.25, -0.2) is 23.0 Å². The SMILES string of the molecule is [C-]#[N+]c1cccc(S(=O)(=O)NCC2(c3nc(-c4ccccc4)cs3)CCOCC2)c1. The number of hydrogen-bond acceptors (Lipinski definition) is 5. The lowest BCUT2D eigenvalue weighted by atomic mass is 9.81. The van der Waals surface area contributed by atoms with Crippen LogP contribution in [0.25, 0.3) is 16.1 Å². The predicted molar refractivity (Wildman–Crippen MR) is 117 cm³/mol. The van der Waals surface area contributed by atoms with Gasteiger partial charge in [-0.1, -0.05) is 42.5 Å². The van der Waals surface area contributed by atoms with Crippen molar-refractivity contribution in [1.82, 2.24) is 9.71 Å². The maximum atomic E-state index is 12.9. The quantitative estimate of drug-likeness (QED) is 0.578. The molecule has 3 aromatic rings. The number of thiazole rings is 1. The predicted octanol–water partition coefficient (Wildman–Crippen LogP) is 4.39. The van der Waals surface area contributed by atoms with Crippen molar-refractivity contribution < 1.29 is 13.2 Å². The molecule has 8 heteroatoms. The summed E-state index contributed by atoms with van der Waals surface area (Å²) in [5.74, 6) is 0. The van der Waals surface area contributed by atoms with Gasteiger partial charge in [0.05, 0.1) is 17.2 Å². The van der Waals surface area contributed by atoms with Crippen molar-refractivity contribution in [3.8, 4) is 11.3 Å². The fourth-order valence-corrected chi connectivity index (χ4v) is 5.78. The van der Waals surface area contributed by atoms with Gasteiger partial charge in [0.1, 0.15) is 5.01 Å². The van der Waals surface area contributed by atoms with Crippen molar-refractivity contribution in [2.24, 2.45) is 0 Å². The van der Waals surface area contributed by atoms with Crippen molar-refractivity contribution in [2.45, 2.75) is 23.2 Å². The van der Waals surface area contributed by atoms with E-state index in [9.17, 15) is 8.42 Å². The fraction of sp³-hybridized carbons (Fsp3) is 0.273. The van der Waals surface area contributed by atoms with E-state index in [-0.39, 0.29) is 11.4 Å². The molecule has 1 aliphatic rings. The summed E-state index contributed by atoms with van der Waals surface area (Å²) in [4.78, 5) is 8.29. The first-order chi connectivity index (χ1) is 14.5. The standard InChI is InChI=1S/C22H21N3O3S2/c1-23-18-8-5-9-19(14-18)30(26,27)24-16-22(10-12-28-13-11-22)21-25-20(15-29-21)17-6-3-2-4-7-17/h2-9,14-15,24H,10-13,16H2. The molecule has 1 saturated heterocycles. The summed E-state index contributed by atoms with van der Waals surface area (Å²) in [5, 5.41) is 2.94. The van der Waals surface area contributed by atoms with Crippen LogP contribution in [0.2, 0.25) is 0 Å². The zero-order valence-electron chi connectivity index (χ0n) is 16.2. The van der Waals surface area contributed by atoms with Crippen molar-refractivity contribution >= 4 is 27.0 Å². The van der Waals surface area contributed by atoms with Crippen molar-refractivity contribution in [3.05, 3.63) is 76.4 Å². The van der Waals surface area contributed by atoms with E-state index in [0.717, 1.165) is 16.3 Å². The second-order valence-electron chi connectivity index (χ2n) is 7.23. The van der Waals surface area contributed by atoms with E-state index in [4.69, 9.17) is 16.3 Å². The number of nitrogens with one attached hydrogen (secondary N) is 1. The number of nitrogens with zero attached hydrogens (tertiary/aromatic N) is 2. The Kier molecular flexibility index (Phi) is 5.97. The molecule has 4 rings (SSSR count). The second kappa shape index (κ2) is 8.66. The van der Waals surface area contributed by atoms with Gasteiger partial charge in [0, 0.05) is 36.1 Å². The molecule has 1 fully saturated rings. The van der Waals surface area contributed by atoms with Gasteiger partial charge in [0.2, 0.25) is 10.0 Å². The third kappa shape index (κ3) is 4.30. The van der Waals surface area contributed by atoms with Crippen LogP contribution in [-0.2, 0) is 20.2 Å². The monoisotopic (exact) mass is 439 g/mol. The Morgan fingerprint density at radius 2 is 1.90 bits per heavy atom. The van der Waals surface area contributed by atoms with E-state index < -0.39 is 15.4 Å². The van der Waals surface area contributed by atoms with Gasteiger partial charge in [0.25, 0.3) is 0 Å². The van der Waals surface area contributed by atoms with Gasteiger partial charge < -0.3 is 4.74 Å². The summed E-state index contributed by atoms with van der Waals surface area (Å²) in [6.07, 6.45) is 1.39. The van der Waals surface area contributed by atoms with Gasteiger partial charge in [0.15, 0.2) is 5.69 Å². The fourth-order valence-electron chi connectivity index (χ4n) is 3.52. The molecule has 2 heterocycles. The average Bonchev–Trinajstić information content (AvgIpc) is 3.30. The summed E-state index contributed by atoms with van der Waals surface area (Å²) in [5.41, 5.74) is 1.82. The van der Waals surface area contributed by atoms with Crippen LogP contribution in [-0.4, -0.2) is 33.2 Å². The van der Waals surface area contributed by atoms with Gasteiger partial charge in [-0.2, -0.15) is 0 Å². The molecule has 0 unspecified atom stereocenters. The summed E-state index contributed by atoms with van der Waals surface area (Å²) in [6, 6.07) is 16.0. The van der Waals surface area contributed by atoms with Gasteiger partial charge in [-0.15, -0.1) is 11.3 Å². The largest absolute Gasteiger partial charge is 0.381 e. The molecule has 30 heavy (non-hydrogen) atoms. The third-order valence-electron chi connectivity index (χ3n) is 5.33. The Balaban J connectivity index is 1.60. The smallest absolute Gasteiger partial charge is 0.239 e. The molecule has 6 nitrogen and oxygen atoms in total. The van der Waals surface area contributed by atoms with Crippen LogP contribution in [0, 0.1) is 6.57 Å². The van der Waals surface area contributed by atoms with E-state index >= 15 is 0 Å². The number of aromatic nitrogens is 1. The minimum absolute atomic E-state index is 0.0994. The highest BCUT2D eigenvalue weighted by Crippen LogP contribution is 2.38. The molecule has 154 valence electrons. The summed E-state index contributed by atoms with van der Waals surface area (Å²) in [7, 11) is -3.74. The molecule has 0 bridgehead atoms. The highest BCUT2D eigenvalue weighted by atomic mass is 32.2. The van der Waals surface area contributed by atoms with Crippen LogP contribution in [0.4, 0.5) is 5.69 Å². The maximum absolute atomic E-state index is 12.9. The third-order valence-corrected chi connectivity index (χ3v) is 7.82. The Bertz CT molecular complexity index is 1160. The van der Waals surface area contributed by atoms with Crippen LogP contribution < -0.4 is 4.72 Å². The minimum atomic E-state index is -3.74. The van der Waals surface area contributed by atoms with Crippen molar-refractivity contribution in [2.75, 3.05) is 19.8 Å². The molecule has 1 N–H and O–H groups in total. The Morgan fingerprint density at radius 1 is 1.13 bits per heavy atom. The van der Waals surface area contributed by atoms with E-state index in [0.29, 0.717) is 31.7 Å². The van der Waals surface area contributed by atoms with Crippen LogP contribution in [0.1, 0.15) is 17.8 Å². The molecule has 2 aromatic carbocycles. The summed E-state index contributed by atoms with van der Waals surface area (Å²) >= 11 is 1.56. The molecule has 1 aromatic heterocycles. The van der Waals surface area contributed by atoms with Gasteiger partial charge in [-0.3, -0.25) is 0 Å². The number of rotatable bonds is 6. The number of sulfonamides is 1. The van der Waals surface area contributed by atoms with Crippen LogP contribution >= 0.6 is 11.3 Å². The van der Waals surface area contributed by atoms with Gasteiger partial charge >= 0.3 is 0 Å². The molecule has 0 radical (unpaired) electrons. The van der Waals surface area contributed by atoms with Crippen LogP contribution in [0.15, 0.2) is 64.9 Å². The first-order valence-corrected chi connectivity index (χ1v) is 12.0. The Labute approximate surface area is 180 Å². The summed E-state index contributed by atoms with van der Waals surface area (Å²) in [6.45, 7) is 8.48.